The van der Waals surface area contributed by atoms with Gasteiger partial charge in [-0.15, -0.1) is 22.0 Å². The first-order valence-electron chi connectivity index (χ1n) is 6.53. The Kier molecular flexibility index (Phi) is 3.73. The van der Waals surface area contributed by atoms with Crippen LogP contribution in [0.5, 0.6) is 0 Å². The molecule has 1 fully saturated rings. The number of carboxylic acids is 1. The highest BCUT2D eigenvalue weighted by molar-refractivity contribution is 7.99. The summed E-state index contributed by atoms with van der Waals surface area (Å²) in [4.78, 5) is 11.0. The maximum atomic E-state index is 11.0. The predicted octanol–water partition coefficient (Wildman–Crippen LogP) is 3.39. The molecule has 1 unspecified atom stereocenters. The summed E-state index contributed by atoms with van der Waals surface area (Å²) in [5.74, 6) is 1.19. The van der Waals surface area contributed by atoms with Crippen LogP contribution in [0.25, 0.3) is 11.5 Å². The van der Waals surface area contributed by atoms with Crippen LogP contribution in [0.15, 0.2) is 28.7 Å². The Labute approximate surface area is 120 Å². The third kappa shape index (κ3) is 2.70. The molecule has 2 aromatic rings. The molecule has 3 rings (SSSR count). The number of rotatable bonds is 3. The lowest BCUT2D eigenvalue weighted by Gasteiger charge is -2.17. The summed E-state index contributed by atoms with van der Waals surface area (Å²) in [6.45, 7) is 0. The lowest BCUT2D eigenvalue weighted by molar-refractivity contribution is 0.0697. The highest BCUT2D eigenvalue weighted by Crippen LogP contribution is 2.38. The van der Waals surface area contributed by atoms with Gasteiger partial charge in [0, 0.05) is 5.56 Å². The molecule has 0 aliphatic carbocycles. The van der Waals surface area contributed by atoms with Crippen LogP contribution in [0.4, 0.5) is 0 Å². The standard InChI is InChI=1S/C14H14N2O3S/c17-14(18)10-5-3-4-9(8-10)12-15-16-13(19-12)11-6-1-2-7-20-11/h3-5,8,11H,1-2,6-7H2,(H,17,18). The van der Waals surface area contributed by atoms with E-state index in [9.17, 15) is 4.79 Å². The second-order valence-electron chi connectivity index (χ2n) is 4.69. The van der Waals surface area contributed by atoms with Crippen LogP contribution < -0.4 is 0 Å². The molecular formula is C14H14N2O3S. The Morgan fingerprint density at radius 1 is 1.35 bits per heavy atom. The molecule has 1 aliphatic heterocycles. The molecule has 0 spiro atoms. The predicted molar refractivity (Wildman–Crippen MR) is 75.7 cm³/mol. The van der Waals surface area contributed by atoms with Gasteiger partial charge in [-0.1, -0.05) is 12.5 Å². The van der Waals surface area contributed by atoms with Gasteiger partial charge in [0.25, 0.3) is 0 Å². The maximum Gasteiger partial charge on any atom is 0.335 e. The fourth-order valence-corrected chi connectivity index (χ4v) is 3.43. The van der Waals surface area contributed by atoms with Crippen LogP contribution in [-0.2, 0) is 0 Å². The van der Waals surface area contributed by atoms with Crippen LogP contribution >= 0.6 is 11.8 Å². The Balaban J connectivity index is 1.85. The van der Waals surface area contributed by atoms with Gasteiger partial charge in [-0.05, 0) is 36.8 Å². The van der Waals surface area contributed by atoms with E-state index >= 15 is 0 Å². The molecular weight excluding hydrogens is 276 g/mol. The van der Waals surface area contributed by atoms with Gasteiger partial charge in [0.05, 0.1) is 10.8 Å². The van der Waals surface area contributed by atoms with Gasteiger partial charge >= 0.3 is 5.97 Å². The molecule has 0 radical (unpaired) electrons. The largest absolute Gasteiger partial charge is 0.478 e. The Bertz CT molecular complexity index is 620. The summed E-state index contributed by atoms with van der Waals surface area (Å²) in [6, 6.07) is 6.55. The Morgan fingerprint density at radius 3 is 3.00 bits per heavy atom. The SMILES string of the molecule is O=C(O)c1cccc(-c2nnc(C3CCCCS3)o2)c1. The van der Waals surface area contributed by atoms with Crippen molar-refractivity contribution < 1.29 is 14.3 Å². The smallest absolute Gasteiger partial charge is 0.335 e. The van der Waals surface area contributed by atoms with Crippen molar-refractivity contribution in [1.29, 1.82) is 0 Å². The average Bonchev–Trinajstić information content (AvgIpc) is 2.98. The molecule has 0 amide bonds. The van der Waals surface area contributed by atoms with Crippen molar-refractivity contribution in [2.45, 2.75) is 24.5 Å². The summed E-state index contributed by atoms with van der Waals surface area (Å²) in [6.07, 6.45) is 3.48. The van der Waals surface area contributed by atoms with E-state index in [0.717, 1.165) is 12.2 Å². The number of benzene rings is 1. The van der Waals surface area contributed by atoms with Crippen molar-refractivity contribution in [1.82, 2.24) is 10.2 Å². The van der Waals surface area contributed by atoms with E-state index in [1.807, 2.05) is 11.8 Å². The monoisotopic (exact) mass is 290 g/mol. The number of hydrogen-bond acceptors (Lipinski definition) is 5. The van der Waals surface area contributed by atoms with Crippen molar-refractivity contribution >= 4 is 17.7 Å². The molecule has 0 bridgehead atoms. The fourth-order valence-electron chi connectivity index (χ4n) is 2.20. The first-order chi connectivity index (χ1) is 9.74. The van der Waals surface area contributed by atoms with Crippen molar-refractivity contribution in [2.24, 2.45) is 0 Å². The van der Waals surface area contributed by atoms with Gasteiger partial charge in [-0.25, -0.2) is 4.79 Å². The van der Waals surface area contributed by atoms with Gasteiger partial charge in [0.15, 0.2) is 0 Å². The molecule has 1 N–H and O–H groups in total. The molecule has 1 aromatic carbocycles. The highest BCUT2D eigenvalue weighted by Gasteiger charge is 2.22. The van der Waals surface area contributed by atoms with Gasteiger partial charge in [-0.3, -0.25) is 0 Å². The number of aromatic nitrogens is 2. The third-order valence-electron chi connectivity index (χ3n) is 3.25. The first kappa shape index (κ1) is 13.2. The van der Waals surface area contributed by atoms with Gasteiger partial charge < -0.3 is 9.52 Å². The highest BCUT2D eigenvalue weighted by atomic mass is 32.2. The van der Waals surface area contributed by atoms with Crippen LogP contribution in [0.1, 0.15) is 40.8 Å². The number of carbonyl (C=O) groups is 1. The molecule has 20 heavy (non-hydrogen) atoms. The maximum absolute atomic E-state index is 11.0. The van der Waals surface area contributed by atoms with E-state index in [0.29, 0.717) is 17.3 Å². The van der Waals surface area contributed by atoms with Crippen molar-refractivity contribution in [3.63, 3.8) is 0 Å². The number of aromatic carboxylic acids is 1. The number of hydrogen-bond donors (Lipinski definition) is 1. The van der Waals surface area contributed by atoms with Crippen LogP contribution in [0, 0.1) is 0 Å². The average molecular weight is 290 g/mol. The molecule has 1 aromatic heterocycles. The minimum Gasteiger partial charge on any atom is -0.478 e. The Morgan fingerprint density at radius 2 is 2.25 bits per heavy atom. The lowest BCUT2D eigenvalue weighted by atomic mass is 10.1. The quantitative estimate of drug-likeness (QED) is 0.933. The number of carboxylic acid groups (broad SMARTS) is 1. The van der Waals surface area contributed by atoms with E-state index in [1.165, 1.54) is 12.8 Å². The van der Waals surface area contributed by atoms with E-state index in [2.05, 4.69) is 10.2 Å². The normalized spacial score (nSPS) is 18.9. The van der Waals surface area contributed by atoms with Gasteiger partial charge in [0.1, 0.15) is 0 Å². The molecule has 5 nitrogen and oxygen atoms in total. The minimum absolute atomic E-state index is 0.217. The first-order valence-corrected chi connectivity index (χ1v) is 7.57. The van der Waals surface area contributed by atoms with Crippen molar-refractivity contribution in [2.75, 3.05) is 5.75 Å². The van der Waals surface area contributed by atoms with Crippen molar-refractivity contribution in [3.8, 4) is 11.5 Å². The van der Waals surface area contributed by atoms with E-state index in [4.69, 9.17) is 9.52 Å². The van der Waals surface area contributed by atoms with Crippen LogP contribution in [0.2, 0.25) is 0 Å². The zero-order valence-electron chi connectivity index (χ0n) is 10.8. The summed E-state index contributed by atoms with van der Waals surface area (Å²) in [7, 11) is 0. The zero-order chi connectivity index (χ0) is 13.9. The number of nitrogens with zero attached hydrogens (tertiary/aromatic N) is 2. The van der Waals surface area contributed by atoms with Crippen LogP contribution in [0.3, 0.4) is 0 Å². The Hall–Kier alpha value is -1.82. The molecule has 104 valence electrons. The molecule has 1 aliphatic rings. The van der Waals surface area contributed by atoms with Crippen LogP contribution in [-0.4, -0.2) is 27.0 Å². The summed E-state index contributed by atoms with van der Waals surface area (Å²) >= 11 is 1.84. The third-order valence-corrected chi connectivity index (χ3v) is 4.62. The zero-order valence-corrected chi connectivity index (χ0v) is 11.6. The molecule has 1 saturated heterocycles. The number of thioether (sulfide) groups is 1. The topological polar surface area (TPSA) is 76.2 Å². The fraction of sp³-hybridized carbons (Fsp3) is 0.357. The summed E-state index contributed by atoms with van der Waals surface area (Å²) in [5, 5.41) is 17.4. The molecule has 2 heterocycles. The molecule has 6 heteroatoms. The summed E-state index contributed by atoms with van der Waals surface area (Å²) in [5.41, 5.74) is 0.860. The lowest BCUT2D eigenvalue weighted by Crippen LogP contribution is -2.02. The van der Waals surface area contributed by atoms with E-state index in [1.54, 1.807) is 24.3 Å². The second kappa shape index (κ2) is 5.66. The molecule has 0 saturated carbocycles. The van der Waals surface area contributed by atoms with Crippen molar-refractivity contribution in [3.05, 3.63) is 35.7 Å². The molecule has 1 atom stereocenters. The second-order valence-corrected chi connectivity index (χ2v) is 6.00. The van der Waals surface area contributed by atoms with Gasteiger partial charge in [0.2, 0.25) is 11.8 Å². The van der Waals surface area contributed by atoms with Gasteiger partial charge in [-0.2, -0.15) is 0 Å². The van der Waals surface area contributed by atoms with E-state index in [-0.39, 0.29) is 10.8 Å². The minimum atomic E-state index is -0.963. The summed E-state index contributed by atoms with van der Waals surface area (Å²) < 4.78 is 5.71. The van der Waals surface area contributed by atoms with E-state index < -0.39 is 5.97 Å².